The van der Waals surface area contributed by atoms with Crippen LogP contribution < -0.4 is 43.1 Å². The van der Waals surface area contributed by atoms with Crippen molar-refractivity contribution < 1.29 is 14.4 Å². The molecule has 4 rings (SSSR count). The van der Waals surface area contributed by atoms with Crippen LogP contribution in [0.15, 0.2) is 76.8 Å². The molecule has 3 aromatic carbocycles. The van der Waals surface area contributed by atoms with Crippen molar-refractivity contribution in [1.82, 2.24) is 16.1 Å². The molecule has 0 aromatic heterocycles. The molecule has 10 N–H and O–H groups in total. The summed E-state index contributed by atoms with van der Waals surface area (Å²) in [4.78, 5) is 42.5. The van der Waals surface area contributed by atoms with E-state index in [9.17, 15) is 14.4 Å². The first-order valence-corrected chi connectivity index (χ1v) is 12.9. The summed E-state index contributed by atoms with van der Waals surface area (Å²) in [6, 6.07) is 17.6. The Bertz CT molecular complexity index is 1580. The molecule has 0 saturated heterocycles. The SMILES string of the molecule is CNC(=O)c1ccc(NC(=O)Nc2cccc(C3=NCCN3)c2)cc1NC(=O)Nc1cccc(/C(C)=N/NC(=N)N)c1. The highest BCUT2D eigenvalue weighted by Gasteiger charge is 2.15. The van der Waals surface area contributed by atoms with Crippen molar-refractivity contribution in [3.63, 3.8) is 0 Å². The minimum atomic E-state index is -0.615. The Kier molecular flexibility index (Phi) is 9.30. The highest BCUT2D eigenvalue weighted by atomic mass is 16.2. The Labute approximate surface area is 241 Å². The van der Waals surface area contributed by atoms with Gasteiger partial charge in [-0.25, -0.2) is 15.0 Å². The minimum Gasteiger partial charge on any atom is -0.369 e. The number of nitrogens with two attached hydrogens (primary N) is 1. The lowest BCUT2D eigenvalue weighted by Gasteiger charge is -2.14. The Morgan fingerprint density at radius 3 is 2.24 bits per heavy atom. The van der Waals surface area contributed by atoms with Gasteiger partial charge in [0.2, 0.25) is 5.96 Å². The van der Waals surface area contributed by atoms with Crippen molar-refractivity contribution in [3.8, 4) is 0 Å². The van der Waals surface area contributed by atoms with E-state index in [0.717, 1.165) is 17.9 Å². The van der Waals surface area contributed by atoms with Crippen LogP contribution in [0.25, 0.3) is 0 Å². The van der Waals surface area contributed by atoms with E-state index >= 15 is 0 Å². The number of anilines is 4. The molecule has 5 amide bonds. The van der Waals surface area contributed by atoms with Crippen molar-refractivity contribution in [3.05, 3.63) is 83.4 Å². The van der Waals surface area contributed by atoms with Crippen molar-refractivity contribution in [2.45, 2.75) is 6.92 Å². The molecule has 0 atom stereocenters. The second-order valence-corrected chi connectivity index (χ2v) is 9.04. The normalized spacial score (nSPS) is 12.3. The van der Waals surface area contributed by atoms with E-state index in [-0.39, 0.29) is 17.2 Å². The lowest BCUT2D eigenvalue weighted by molar-refractivity contribution is 0.0964. The molecular weight excluding hydrogens is 538 g/mol. The van der Waals surface area contributed by atoms with Crippen molar-refractivity contribution >= 4 is 58.2 Å². The fourth-order valence-electron chi connectivity index (χ4n) is 4.00. The Balaban J connectivity index is 1.46. The summed E-state index contributed by atoms with van der Waals surface area (Å²) in [7, 11) is 1.48. The number of nitrogens with zero attached hydrogens (tertiary/aromatic N) is 2. The molecule has 0 unspecified atom stereocenters. The van der Waals surface area contributed by atoms with E-state index < -0.39 is 18.0 Å². The number of hydrazone groups is 1. The molecule has 14 heteroatoms. The van der Waals surface area contributed by atoms with Gasteiger partial charge < -0.3 is 37.6 Å². The van der Waals surface area contributed by atoms with Gasteiger partial charge in [-0.3, -0.25) is 15.2 Å². The van der Waals surface area contributed by atoms with Gasteiger partial charge in [0, 0.05) is 36.2 Å². The molecular formula is C28H31N11O3. The second kappa shape index (κ2) is 13.4. The number of rotatable bonds is 8. The van der Waals surface area contributed by atoms with Crippen LogP contribution in [0.1, 0.15) is 28.4 Å². The van der Waals surface area contributed by atoms with Gasteiger partial charge in [-0.15, -0.1) is 0 Å². The number of aliphatic imine (C=N–C) groups is 1. The van der Waals surface area contributed by atoms with Crippen LogP contribution in [0.2, 0.25) is 0 Å². The molecule has 0 saturated carbocycles. The second-order valence-electron chi connectivity index (χ2n) is 9.04. The van der Waals surface area contributed by atoms with Crippen LogP contribution >= 0.6 is 0 Å². The van der Waals surface area contributed by atoms with Crippen LogP contribution in [0.4, 0.5) is 32.3 Å². The van der Waals surface area contributed by atoms with E-state index in [2.05, 4.69) is 47.4 Å². The van der Waals surface area contributed by atoms with Gasteiger partial charge in [0.25, 0.3) is 5.91 Å². The molecule has 42 heavy (non-hydrogen) atoms. The number of carbonyl (C=O) groups is 3. The third-order valence-corrected chi connectivity index (χ3v) is 5.95. The number of amidine groups is 1. The Hall–Kier alpha value is -5.92. The summed E-state index contributed by atoms with van der Waals surface area (Å²) in [5.74, 6) is 0.0526. The predicted molar refractivity (Wildman–Crippen MR) is 165 cm³/mol. The fraction of sp³-hybridized carbons (Fsp3) is 0.143. The number of benzene rings is 3. The molecule has 1 aliphatic rings. The first-order chi connectivity index (χ1) is 20.2. The topological polar surface area (TPSA) is 210 Å². The number of hydrogen-bond acceptors (Lipinski definition) is 7. The molecule has 3 aromatic rings. The van der Waals surface area contributed by atoms with E-state index in [1.165, 1.54) is 19.2 Å². The number of urea groups is 2. The van der Waals surface area contributed by atoms with Crippen molar-refractivity contribution in [2.24, 2.45) is 15.8 Å². The first kappa shape index (κ1) is 29.1. The molecule has 0 fully saturated rings. The lowest BCUT2D eigenvalue weighted by Crippen LogP contribution is -2.26. The Morgan fingerprint density at radius 2 is 1.57 bits per heavy atom. The van der Waals surface area contributed by atoms with Gasteiger partial charge in [0.05, 0.1) is 23.5 Å². The van der Waals surface area contributed by atoms with Gasteiger partial charge in [-0.1, -0.05) is 24.3 Å². The standard InChI is InChI=1S/C28H31N11O3/c1-16(38-39-26(29)30)17-5-3-7-19(13-17)35-28(42)37-23-15-21(9-10-22(23)25(40)31-2)36-27(41)34-20-8-4-6-18(14-20)24-32-11-12-33-24/h3-10,13-15H,11-12H2,1-2H3,(H,31,40)(H,32,33)(H4,29,30,39)(H2,34,36,41)(H2,35,37,42)/b38-16+. The Morgan fingerprint density at radius 1 is 0.905 bits per heavy atom. The van der Waals surface area contributed by atoms with Gasteiger partial charge in [0.1, 0.15) is 5.84 Å². The molecule has 0 spiro atoms. The van der Waals surface area contributed by atoms with E-state index in [1.54, 1.807) is 43.3 Å². The summed E-state index contributed by atoms with van der Waals surface area (Å²) in [5.41, 5.74) is 11.5. The first-order valence-electron chi connectivity index (χ1n) is 12.9. The van der Waals surface area contributed by atoms with Crippen molar-refractivity contribution in [2.75, 3.05) is 41.4 Å². The molecule has 0 radical (unpaired) electrons. The maximum Gasteiger partial charge on any atom is 0.323 e. The predicted octanol–water partition coefficient (Wildman–Crippen LogP) is 2.89. The highest BCUT2D eigenvalue weighted by Crippen LogP contribution is 2.23. The summed E-state index contributed by atoms with van der Waals surface area (Å²) >= 11 is 0. The van der Waals surface area contributed by atoms with Crippen LogP contribution in [0, 0.1) is 5.41 Å². The zero-order chi connectivity index (χ0) is 30.1. The van der Waals surface area contributed by atoms with Gasteiger partial charge >= 0.3 is 12.1 Å². The third kappa shape index (κ3) is 7.81. The average Bonchev–Trinajstić information content (AvgIpc) is 3.51. The maximum absolute atomic E-state index is 12.9. The third-order valence-electron chi connectivity index (χ3n) is 5.95. The quantitative estimate of drug-likeness (QED) is 0.113. The van der Waals surface area contributed by atoms with Gasteiger partial charge in [0.15, 0.2) is 0 Å². The number of carbonyl (C=O) groups excluding carboxylic acids is 3. The lowest BCUT2D eigenvalue weighted by atomic mass is 10.1. The van der Waals surface area contributed by atoms with Crippen LogP contribution in [-0.2, 0) is 0 Å². The molecule has 14 nitrogen and oxygen atoms in total. The monoisotopic (exact) mass is 569 g/mol. The molecule has 0 bridgehead atoms. The number of amides is 5. The molecule has 0 aliphatic carbocycles. The summed E-state index contributed by atoms with van der Waals surface area (Å²) in [6.07, 6.45) is 0. The molecule has 216 valence electrons. The largest absolute Gasteiger partial charge is 0.369 e. The van der Waals surface area contributed by atoms with Crippen LogP contribution in [0.3, 0.4) is 0 Å². The molecule has 1 aliphatic heterocycles. The molecule has 1 heterocycles. The highest BCUT2D eigenvalue weighted by molar-refractivity contribution is 6.09. The summed E-state index contributed by atoms with van der Waals surface area (Å²) < 4.78 is 0. The summed E-state index contributed by atoms with van der Waals surface area (Å²) in [6.45, 7) is 3.20. The maximum atomic E-state index is 12.9. The average molecular weight is 570 g/mol. The zero-order valence-electron chi connectivity index (χ0n) is 23.0. The van der Waals surface area contributed by atoms with Gasteiger partial charge in [-0.2, -0.15) is 5.10 Å². The van der Waals surface area contributed by atoms with E-state index in [0.29, 0.717) is 34.9 Å². The van der Waals surface area contributed by atoms with Crippen LogP contribution in [-0.4, -0.2) is 55.6 Å². The summed E-state index contributed by atoms with van der Waals surface area (Å²) in [5, 5.41) is 27.9. The number of nitrogens with one attached hydrogen (secondary N) is 8. The number of hydrogen-bond donors (Lipinski definition) is 9. The van der Waals surface area contributed by atoms with E-state index in [4.69, 9.17) is 11.1 Å². The minimum absolute atomic E-state index is 0.177. The fourth-order valence-corrected chi connectivity index (χ4v) is 4.00. The van der Waals surface area contributed by atoms with Gasteiger partial charge in [-0.05, 0) is 55.0 Å². The van der Waals surface area contributed by atoms with Crippen LogP contribution in [0.5, 0.6) is 0 Å². The smallest absolute Gasteiger partial charge is 0.323 e. The van der Waals surface area contributed by atoms with Crippen molar-refractivity contribution in [1.29, 1.82) is 5.41 Å². The number of guanidine groups is 1. The van der Waals surface area contributed by atoms with E-state index in [1.807, 2.05) is 18.2 Å². The zero-order valence-corrected chi connectivity index (χ0v) is 23.0.